The van der Waals surface area contributed by atoms with Crippen LogP contribution >= 0.6 is 23.6 Å². The van der Waals surface area contributed by atoms with Crippen LogP contribution in [0.1, 0.15) is 42.1 Å². The van der Waals surface area contributed by atoms with Crippen molar-refractivity contribution >= 4 is 34.5 Å². The van der Waals surface area contributed by atoms with Gasteiger partial charge in [-0.2, -0.15) is 5.10 Å². The number of carbonyl (C=O) groups is 1. The summed E-state index contributed by atoms with van der Waals surface area (Å²) in [5.41, 5.74) is 3.49. The van der Waals surface area contributed by atoms with Gasteiger partial charge in [0.1, 0.15) is 6.04 Å². The van der Waals surface area contributed by atoms with Gasteiger partial charge in [-0.05, 0) is 6.07 Å². The summed E-state index contributed by atoms with van der Waals surface area (Å²) in [4.78, 5) is 21.2. The van der Waals surface area contributed by atoms with Crippen molar-refractivity contribution in [3.05, 3.63) is 34.0 Å². The summed E-state index contributed by atoms with van der Waals surface area (Å²) in [5, 5.41) is 7.55. The number of fused-ring (bicyclic) bond motifs is 1. The Morgan fingerprint density at radius 1 is 1.48 bits per heavy atom. The van der Waals surface area contributed by atoms with Gasteiger partial charge in [-0.1, -0.05) is 19.1 Å². The van der Waals surface area contributed by atoms with E-state index in [0.29, 0.717) is 18.1 Å². The van der Waals surface area contributed by atoms with Crippen molar-refractivity contribution in [1.82, 2.24) is 25.0 Å². The predicted molar refractivity (Wildman–Crippen MR) is 110 cm³/mol. The second kappa shape index (κ2) is 7.71. The Labute approximate surface area is 177 Å². The summed E-state index contributed by atoms with van der Waals surface area (Å²) >= 11 is 6.85. The molecule has 0 bridgehead atoms. The second-order valence-electron chi connectivity index (χ2n) is 7.87. The number of halogens is 2. The second-order valence-corrected chi connectivity index (χ2v) is 9.25. The molecule has 6 nitrogen and oxygen atoms in total. The molecule has 0 unspecified atom stereocenters. The monoisotopic (exact) mass is 439 g/mol. The van der Waals surface area contributed by atoms with E-state index in [1.807, 2.05) is 36.6 Å². The van der Waals surface area contributed by atoms with Crippen molar-refractivity contribution in [3.63, 3.8) is 0 Å². The fourth-order valence-electron chi connectivity index (χ4n) is 3.92. The predicted octanol–water partition coefficient (Wildman–Crippen LogP) is 2.95. The standard InChI is InChI=1S/C19H23F2N5OS2/c1-11(9-22-17(28)12-7-19(20,21)8-12)18(27)26-6-4-14-15(23-10-29-14)16(26)13-3-5-25(2)24-13/h3,5,10-12,16H,4,6-9H2,1-2H3,(H,22,28)/t11-,16+/m0/s1. The molecule has 0 spiro atoms. The van der Waals surface area contributed by atoms with Gasteiger partial charge >= 0.3 is 0 Å². The smallest absolute Gasteiger partial charge is 0.249 e. The van der Waals surface area contributed by atoms with E-state index in [1.54, 1.807) is 16.0 Å². The van der Waals surface area contributed by atoms with E-state index in [9.17, 15) is 13.6 Å². The zero-order valence-corrected chi connectivity index (χ0v) is 17.9. The highest BCUT2D eigenvalue weighted by molar-refractivity contribution is 7.80. The Morgan fingerprint density at radius 2 is 2.24 bits per heavy atom. The number of carbonyl (C=O) groups excluding carboxylic acids is 1. The van der Waals surface area contributed by atoms with Crippen LogP contribution in [0.15, 0.2) is 17.8 Å². The van der Waals surface area contributed by atoms with Crippen molar-refractivity contribution in [2.24, 2.45) is 18.9 Å². The van der Waals surface area contributed by atoms with Crippen LogP contribution in [0, 0.1) is 11.8 Å². The highest BCUT2D eigenvalue weighted by atomic mass is 32.1. The fraction of sp³-hybridized carbons (Fsp3) is 0.579. The highest BCUT2D eigenvalue weighted by Gasteiger charge is 2.47. The molecular weight excluding hydrogens is 416 g/mol. The molecule has 0 saturated heterocycles. The minimum atomic E-state index is -2.60. The lowest BCUT2D eigenvalue weighted by Gasteiger charge is -2.37. The topological polar surface area (TPSA) is 63.1 Å². The lowest BCUT2D eigenvalue weighted by molar-refractivity contribution is -0.137. The molecule has 0 radical (unpaired) electrons. The number of aromatic nitrogens is 3. The minimum absolute atomic E-state index is 0.0199. The first kappa shape index (κ1) is 20.3. The van der Waals surface area contributed by atoms with E-state index >= 15 is 0 Å². The highest BCUT2D eigenvalue weighted by Crippen LogP contribution is 2.42. The minimum Gasteiger partial charge on any atom is -0.379 e. The number of hydrogen-bond acceptors (Lipinski definition) is 5. The Kier molecular flexibility index (Phi) is 5.41. The third kappa shape index (κ3) is 4.05. The third-order valence-corrected chi connectivity index (χ3v) is 6.97. The number of nitrogens with one attached hydrogen (secondary N) is 1. The summed E-state index contributed by atoms with van der Waals surface area (Å²) in [6.07, 6.45) is 2.21. The maximum Gasteiger partial charge on any atom is 0.249 e. The molecule has 1 aliphatic heterocycles. The molecule has 156 valence electrons. The van der Waals surface area contributed by atoms with Gasteiger partial charge in [0.15, 0.2) is 0 Å². The number of alkyl halides is 2. The van der Waals surface area contributed by atoms with Crippen molar-refractivity contribution in [2.45, 2.75) is 38.2 Å². The third-order valence-electron chi connectivity index (χ3n) is 5.59. The van der Waals surface area contributed by atoms with E-state index in [0.717, 1.165) is 17.8 Å². The molecule has 2 aromatic rings. The Balaban J connectivity index is 1.44. The van der Waals surface area contributed by atoms with E-state index in [4.69, 9.17) is 12.2 Å². The SMILES string of the molecule is C[C@@H](CNC(=S)C1CC(F)(F)C1)C(=O)N1CCc2scnc2[C@H]1c1ccn(C)n1. The molecule has 10 heteroatoms. The maximum absolute atomic E-state index is 13.3. The van der Waals surface area contributed by atoms with Crippen LogP contribution in [0.3, 0.4) is 0 Å². The normalized spacial score (nSPS) is 21.9. The Bertz CT molecular complexity index is 919. The summed E-state index contributed by atoms with van der Waals surface area (Å²) in [7, 11) is 1.85. The zero-order chi connectivity index (χ0) is 20.8. The molecule has 1 saturated carbocycles. The molecule has 3 heterocycles. The van der Waals surface area contributed by atoms with E-state index in [2.05, 4.69) is 15.4 Å². The molecule has 2 aromatic heterocycles. The first-order valence-electron chi connectivity index (χ1n) is 9.63. The molecule has 2 atom stereocenters. The summed E-state index contributed by atoms with van der Waals surface area (Å²) < 4.78 is 27.8. The van der Waals surface area contributed by atoms with E-state index in [-0.39, 0.29) is 36.6 Å². The summed E-state index contributed by atoms with van der Waals surface area (Å²) in [6, 6.07) is 1.60. The zero-order valence-electron chi connectivity index (χ0n) is 16.3. The lowest BCUT2D eigenvalue weighted by Crippen LogP contribution is -2.48. The Hall–Kier alpha value is -1.94. The van der Waals surface area contributed by atoms with Gasteiger partial charge in [0.2, 0.25) is 11.8 Å². The van der Waals surface area contributed by atoms with Gasteiger partial charge in [0.25, 0.3) is 0 Å². The van der Waals surface area contributed by atoms with Crippen LogP contribution in [0.25, 0.3) is 0 Å². The van der Waals surface area contributed by atoms with Crippen molar-refractivity contribution in [1.29, 1.82) is 0 Å². The average Bonchev–Trinajstić information content (AvgIpc) is 3.31. The fourth-order valence-corrected chi connectivity index (χ4v) is 4.96. The molecule has 1 amide bonds. The number of aryl methyl sites for hydroxylation is 1. The van der Waals surface area contributed by atoms with Gasteiger partial charge in [-0.25, -0.2) is 13.8 Å². The molecule has 29 heavy (non-hydrogen) atoms. The number of rotatable bonds is 5. The molecule has 0 aromatic carbocycles. The number of hydrogen-bond donors (Lipinski definition) is 1. The van der Waals surface area contributed by atoms with Crippen molar-refractivity contribution in [2.75, 3.05) is 13.1 Å². The van der Waals surface area contributed by atoms with Gasteiger partial charge in [-0.15, -0.1) is 11.3 Å². The molecule has 1 fully saturated rings. The largest absolute Gasteiger partial charge is 0.379 e. The maximum atomic E-state index is 13.3. The first-order chi connectivity index (χ1) is 13.7. The number of thiocarbonyl (C=S) groups is 1. The van der Waals surface area contributed by atoms with Gasteiger partial charge < -0.3 is 10.2 Å². The number of nitrogens with zero attached hydrogens (tertiary/aromatic N) is 4. The number of thiazole rings is 1. The molecule has 1 aliphatic carbocycles. The number of amides is 1. The van der Waals surface area contributed by atoms with Gasteiger partial charge in [0, 0.05) is 56.4 Å². The molecule has 4 rings (SSSR count). The van der Waals surface area contributed by atoms with Gasteiger partial charge in [-0.3, -0.25) is 9.48 Å². The summed E-state index contributed by atoms with van der Waals surface area (Å²) in [5.74, 6) is -3.27. The lowest BCUT2D eigenvalue weighted by atomic mass is 9.81. The first-order valence-corrected chi connectivity index (χ1v) is 10.9. The Morgan fingerprint density at radius 3 is 2.90 bits per heavy atom. The van der Waals surface area contributed by atoms with Crippen LogP contribution in [-0.2, 0) is 18.3 Å². The quantitative estimate of drug-likeness (QED) is 0.726. The molecule has 1 N–H and O–H groups in total. The van der Waals surface area contributed by atoms with Crippen LogP contribution in [-0.4, -0.2) is 49.6 Å². The van der Waals surface area contributed by atoms with Crippen molar-refractivity contribution < 1.29 is 13.6 Å². The molecular formula is C19H23F2N5OS2. The summed E-state index contributed by atoms with van der Waals surface area (Å²) in [6.45, 7) is 2.76. The van der Waals surface area contributed by atoms with Crippen LogP contribution in [0.5, 0.6) is 0 Å². The van der Waals surface area contributed by atoms with Crippen LogP contribution < -0.4 is 5.32 Å². The van der Waals surface area contributed by atoms with Crippen molar-refractivity contribution in [3.8, 4) is 0 Å². The van der Waals surface area contributed by atoms with Crippen LogP contribution in [0.2, 0.25) is 0 Å². The van der Waals surface area contributed by atoms with Gasteiger partial charge in [0.05, 0.1) is 27.8 Å². The van der Waals surface area contributed by atoms with Crippen LogP contribution in [0.4, 0.5) is 8.78 Å². The van der Waals surface area contributed by atoms with E-state index < -0.39 is 5.92 Å². The average molecular weight is 440 g/mol. The van der Waals surface area contributed by atoms with E-state index in [1.165, 1.54) is 4.88 Å². The molecule has 2 aliphatic rings.